The van der Waals surface area contributed by atoms with Crippen LogP contribution in [-0.4, -0.2) is 33.0 Å². The van der Waals surface area contributed by atoms with E-state index in [0.717, 1.165) is 35.5 Å². The first-order chi connectivity index (χ1) is 15.2. The smallest absolute Gasteiger partial charge is 0.251 e. The highest BCUT2D eigenvalue weighted by Crippen LogP contribution is 2.25. The van der Waals surface area contributed by atoms with E-state index in [1.54, 1.807) is 16.6 Å². The Kier molecular flexibility index (Phi) is 6.68. The molecule has 0 bridgehead atoms. The van der Waals surface area contributed by atoms with Crippen LogP contribution in [-0.2, 0) is 4.79 Å². The number of anilines is 1. The molecule has 2 amide bonds. The van der Waals surface area contributed by atoms with Crippen LogP contribution in [0.5, 0.6) is 0 Å². The van der Waals surface area contributed by atoms with Crippen LogP contribution in [0.4, 0.5) is 5.95 Å². The van der Waals surface area contributed by atoms with Crippen LogP contribution in [0.15, 0.2) is 66.0 Å². The second-order valence-electron chi connectivity index (χ2n) is 7.10. The zero-order valence-electron chi connectivity index (χ0n) is 17.0. The number of thiazole rings is 1. The molecule has 0 aliphatic heterocycles. The van der Waals surface area contributed by atoms with Gasteiger partial charge < -0.3 is 5.32 Å². The van der Waals surface area contributed by atoms with Crippen molar-refractivity contribution in [2.24, 2.45) is 0 Å². The summed E-state index contributed by atoms with van der Waals surface area (Å²) in [6.45, 7) is 0.594. The van der Waals surface area contributed by atoms with E-state index in [0.29, 0.717) is 24.5 Å². The molecule has 4 aromatic rings. The average molecular weight is 434 g/mol. The van der Waals surface area contributed by atoms with E-state index >= 15 is 0 Å². The minimum atomic E-state index is -0.104. The molecule has 0 saturated carbocycles. The molecule has 158 valence electrons. The van der Waals surface area contributed by atoms with E-state index in [1.807, 2.05) is 53.9 Å². The molecular weight excluding hydrogens is 410 g/mol. The average Bonchev–Trinajstić information content (AvgIpc) is 3.37. The maximum absolute atomic E-state index is 12.2. The second kappa shape index (κ2) is 9.99. The predicted molar refractivity (Wildman–Crippen MR) is 122 cm³/mol. The number of fused-ring (bicyclic) bond motifs is 1. The van der Waals surface area contributed by atoms with Gasteiger partial charge in [-0.3, -0.25) is 14.9 Å². The van der Waals surface area contributed by atoms with Gasteiger partial charge in [-0.1, -0.05) is 55.0 Å². The van der Waals surface area contributed by atoms with Gasteiger partial charge in [-0.05, 0) is 25.0 Å². The summed E-state index contributed by atoms with van der Waals surface area (Å²) in [4.78, 5) is 29.3. The summed E-state index contributed by atoms with van der Waals surface area (Å²) < 4.78 is 1.75. The molecule has 0 radical (unpaired) electrons. The molecule has 0 unspecified atom stereocenters. The van der Waals surface area contributed by atoms with Crippen LogP contribution in [0.3, 0.4) is 0 Å². The topological polar surface area (TPSA) is 88.4 Å². The van der Waals surface area contributed by atoms with Crippen LogP contribution in [0.25, 0.3) is 16.2 Å². The quantitative estimate of drug-likeness (QED) is 0.383. The molecule has 0 saturated heterocycles. The number of unbranched alkanes of at least 4 members (excludes halogenated alkanes) is 2. The van der Waals surface area contributed by atoms with E-state index in [9.17, 15) is 9.59 Å². The Morgan fingerprint density at radius 2 is 1.68 bits per heavy atom. The molecule has 0 aliphatic carbocycles. The summed E-state index contributed by atoms with van der Waals surface area (Å²) in [5, 5.41) is 12.1. The van der Waals surface area contributed by atoms with E-state index in [1.165, 1.54) is 11.3 Å². The maximum Gasteiger partial charge on any atom is 0.251 e. The number of nitrogens with zero attached hydrogens (tertiary/aromatic N) is 3. The van der Waals surface area contributed by atoms with Crippen LogP contribution in [0, 0.1) is 0 Å². The lowest BCUT2D eigenvalue weighted by atomic mass is 10.1. The largest absolute Gasteiger partial charge is 0.352 e. The van der Waals surface area contributed by atoms with Gasteiger partial charge in [-0.15, -0.1) is 16.4 Å². The normalized spacial score (nSPS) is 10.8. The van der Waals surface area contributed by atoms with Crippen molar-refractivity contribution in [1.29, 1.82) is 0 Å². The number of benzene rings is 2. The second-order valence-corrected chi connectivity index (χ2v) is 7.93. The molecule has 7 nitrogen and oxygen atoms in total. The highest BCUT2D eigenvalue weighted by Gasteiger charge is 2.13. The van der Waals surface area contributed by atoms with Gasteiger partial charge in [-0.25, -0.2) is 4.52 Å². The molecule has 31 heavy (non-hydrogen) atoms. The SMILES string of the molecule is O=C(CCCCCNC(=O)c1ccccc1)Nc1nc2scc(-c3ccccc3)n2n1. The number of carbonyl (C=O) groups is 2. The molecule has 2 aromatic carbocycles. The number of rotatable bonds is 9. The van der Waals surface area contributed by atoms with Crippen molar-refractivity contribution >= 4 is 34.1 Å². The molecule has 0 spiro atoms. The summed E-state index contributed by atoms with van der Waals surface area (Å²) in [6.07, 6.45) is 2.81. The third-order valence-electron chi connectivity index (χ3n) is 4.80. The van der Waals surface area contributed by atoms with Gasteiger partial charge in [0, 0.05) is 29.5 Å². The van der Waals surface area contributed by atoms with Gasteiger partial charge in [0.2, 0.25) is 16.8 Å². The zero-order chi connectivity index (χ0) is 21.5. The summed E-state index contributed by atoms with van der Waals surface area (Å²) in [5.74, 6) is 0.149. The first kappa shape index (κ1) is 20.7. The number of hydrogen-bond donors (Lipinski definition) is 2. The Morgan fingerprint density at radius 3 is 2.45 bits per heavy atom. The Bertz CT molecular complexity index is 1150. The van der Waals surface area contributed by atoms with Crippen molar-refractivity contribution in [2.45, 2.75) is 25.7 Å². The highest BCUT2D eigenvalue weighted by atomic mass is 32.1. The minimum absolute atomic E-state index is 0.0703. The molecule has 4 rings (SSSR count). The lowest BCUT2D eigenvalue weighted by molar-refractivity contribution is -0.116. The lowest BCUT2D eigenvalue weighted by Crippen LogP contribution is -2.24. The van der Waals surface area contributed by atoms with Gasteiger partial charge in [0.25, 0.3) is 5.91 Å². The van der Waals surface area contributed by atoms with E-state index in [-0.39, 0.29) is 11.8 Å². The molecule has 0 atom stereocenters. The van der Waals surface area contributed by atoms with Gasteiger partial charge in [0.15, 0.2) is 0 Å². The van der Waals surface area contributed by atoms with Gasteiger partial charge >= 0.3 is 0 Å². The molecular formula is C23H23N5O2S. The number of aromatic nitrogens is 3. The third kappa shape index (κ3) is 5.35. The van der Waals surface area contributed by atoms with E-state index in [2.05, 4.69) is 20.7 Å². The van der Waals surface area contributed by atoms with Crippen LogP contribution in [0.2, 0.25) is 0 Å². The fourth-order valence-corrected chi connectivity index (χ4v) is 4.04. The summed E-state index contributed by atoms with van der Waals surface area (Å²) in [7, 11) is 0. The zero-order valence-corrected chi connectivity index (χ0v) is 17.8. The molecule has 8 heteroatoms. The highest BCUT2D eigenvalue weighted by molar-refractivity contribution is 7.15. The predicted octanol–water partition coefficient (Wildman–Crippen LogP) is 4.39. The Balaban J connectivity index is 1.19. The molecule has 0 fully saturated rings. The third-order valence-corrected chi connectivity index (χ3v) is 5.62. The Labute approximate surface area is 184 Å². The Hall–Kier alpha value is -3.52. The van der Waals surface area contributed by atoms with Crippen molar-refractivity contribution in [3.63, 3.8) is 0 Å². The van der Waals surface area contributed by atoms with Gasteiger partial charge in [0.05, 0.1) is 5.69 Å². The molecule has 0 aliphatic rings. The molecule has 2 aromatic heterocycles. The summed E-state index contributed by atoms with van der Waals surface area (Å²) in [5.41, 5.74) is 2.66. The summed E-state index contributed by atoms with van der Waals surface area (Å²) in [6, 6.07) is 19.1. The maximum atomic E-state index is 12.2. The summed E-state index contributed by atoms with van der Waals surface area (Å²) >= 11 is 1.49. The first-order valence-corrected chi connectivity index (χ1v) is 11.1. The van der Waals surface area contributed by atoms with E-state index in [4.69, 9.17) is 0 Å². The van der Waals surface area contributed by atoms with E-state index < -0.39 is 0 Å². The molecule has 2 N–H and O–H groups in total. The molecule has 2 heterocycles. The fourth-order valence-electron chi connectivity index (χ4n) is 3.21. The standard InChI is InChI=1S/C23H23N5O2S/c29-20(14-8-3-9-15-24-21(30)18-12-6-2-7-13-18)25-22-26-23-28(27-22)19(16-31-23)17-10-4-1-5-11-17/h1-2,4-7,10-13,16H,3,8-9,14-15H2,(H,24,30)(H,25,27,29). The van der Waals surface area contributed by atoms with Crippen LogP contribution >= 0.6 is 11.3 Å². The number of nitrogens with one attached hydrogen (secondary N) is 2. The Morgan fingerprint density at radius 1 is 0.935 bits per heavy atom. The fraction of sp³-hybridized carbons (Fsp3) is 0.217. The van der Waals surface area contributed by atoms with Gasteiger partial charge in [-0.2, -0.15) is 4.98 Å². The van der Waals surface area contributed by atoms with Crippen LogP contribution < -0.4 is 10.6 Å². The van der Waals surface area contributed by atoms with Crippen molar-refractivity contribution in [1.82, 2.24) is 19.9 Å². The number of carbonyl (C=O) groups excluding carboxylic acids is 2. The van der Waals surface area contributed by atoms with Crippen molar-refractivity contribution in [2.75, 3.05) is 11.9 Å². The van der Waals surface area contributed by atoms with Gasteiger partial charge in [0.1, 0.15) is 0 Å². The number of amides is 2. The monoisotopic (exact) mass is 433 g/mol. The van der Waals surface area contributed by atoms with Crippen LogP contribution in [0.1, 0.15) is 36.0 Å². The first-order valence-electron chi connectivity index (χ1n) is 10.2. The van der Waals surface area contributed by atoms with Crippen molar-refractivity contribution < 1.29 is 9.59 Å². The van der Waals surface area contributed by atoms with Crippen molar-refractivity contribution in [3.8, 4) is 11.3 Å². The lowest BCUT2D eigenvalue weighted by Gasteiger charge is -2.05. The minimum Gasteiger partial charge on any atom is -0.352 e. The number of hydrogen-bond acceptors (Lipinski definition) is 5. The van der Waals surface area contributed by atoms with Crippen molar-refractivity contribution in [3.05, 3.63) is 71.6 Å².